The monoisotopic (exact) mass is 429 g/mol. The van der Waals surface area contributed by atoms with Gasteiger partial charge in [-0.3, -0.25) is 4.79 Å². The number of rotatable bonds is 5. The number of carbonyl (C=O) groups is 2. The second-order valence-electron chi connectivity index (χ2n) is 9.17. The average molecular weight is 430 g/mol. The number of amides is 2. The molecule has 2 aromatic rings. The molecule has 1 aliphatic rings. The Labute approximate surface area is 183 Å². The fourth-order valence-electron chi connectivity index (χ4n) is 3.90. The predicted octanol–water partition coefficient (Wildman–Crippen LogP) is 4.56. The number of nitrogens with zero attached hydrogens (tertiary/aromatic N) is 2. The molecule has 1 aliphatic heterocycles. The average Bonchev–Trinajstić information content (AvgIpc) is 3.18. The van der Waals surface area contributed by atoms with Crippen LogP contribution >= 0.6 is 0 Å². The third kappa shape index (κ3) is 6.09. The highest BCUT2D eigenvalue weighted by atomic mass is 19.1. The lowest BCUT2D eigenvalue weighted by atomic mass is 10.0. The van der Waals surface area contributed by atoms with Crippen molar-refractivity contribution in [2.45, 2.75) is 64.6 Å². The number of nitrogens with one attached hydrogen (secondary N) is 1. The Morgan fingerprint density at radius 2 is 1.84 bits per heavy atom. The van der Waals surface area contributed by atoms with Crippen LogP contribution in [0.5, 0.6) is 0 Å². The minimum Gasteiger partial charge on any atom is -0.444 e. The van der Waals surface area contributed by atoms with E-state index in [2.05, 4.69) is 5.32 Å². The van der Waals surface area contributed by atoms with Crippen LogP contribution in [0.25, 0.3) is 0 Å². The highest BCUT2D eigenvalue weighted by Crippen LogP contribution is 2.26. The number of benzene rings is 1. The normalized spacial score (nSPS) is 16.1. The Hall–Kier alpha value is -2.83. The van der Waals surface area contributed by atoms with Gasteiger partial charge in [-0.2, -0.15) is 0 Å². The molecule has 1 saturated heterocycles. The molecule has 1 aromatic heterocycles. The topological polar surface area (TPSA) is 63.6 Å². The summed E-state index contributed by atoms with van der Waals surface area (Å²) >= 11 is 0. The van der Waals surface area contributed by atoms with Crippen molar-refractivity contribution < 1.29 is 18.7 Å². The zero-order valence-electron chi connectivity index (χ0n) is 18.7. The summed E-state index contributed by atoms with van der Waals surface area (Å²) in [5.41, 5.74) is 0.648. The van der Waals surface area contributed by atoms with Gasteiger partial charge >= 0.3 is 6.09 Å². The van der Waals surface area contributed by atoms with E-state index in [1.165, 1.54) is 6.07 Å². The number of halogens is 1. The van der Waals surface area contributed by atoms with E-state index in [0.717, 1.165) is 12.8 Å². The standard InChI is InChI=1S/C24H32FN3O3/c1-17(16-18-8-5-6-9-20(18)25)26-22(29)21-10-7-13-28(21)19-11-14-27(15-12-19)23(30)31-24(2,3)4/h5-10,13,17,19H,11-12,14-16H2,1-4H3,(H,26,29). The summed E-state index contributed by atoms with van der Waals surface area (Å²) in [7, 11) is 0. The smallest absolute Gasteiger partial charge is 0.410 e. The van der Waals surface area contributed by atoms with Crippen LogP contribution < -0.4 is 5.32 Å². The molecule has 7 heteroatoms. The van der Waals surface area contributed by atoms with Gasteiger partial charge in [0.25, 0.3) is 5.91 Å². The van der Waals surface area contributed by atoms with Crippen LogP contribution in [0.1, 0.15) is 62.6 Å². The highest BCUT2D eigenvalue weighted by Gasteiger charge is 2.29. The molecular formula is C24H32FN3O3. The number of piperidine rings is 1. The lowest BCUT2D eigenvalue weighted by Gasteiger charge is -2.34. The minimum absolute atomic E-state index is 0.135. The SMILES string of the molecule is CC(Cc1ccccc1F)NC(=O)c1cccn1C1CCN(C(=O)OC(C)(C)C)CC1. The Bertz CT molecular complexity index is 911. The molecule has 0 spiro atoms. The Morgan fingerprint density at radius 1 is 1.16 bits per heavy atom. The molecule has 1 atom stereocenters. The van der Waals surface area contributed by atoms with Crippen molar-refractivity contribution in [3.05, 3.63) is 59.7 Å². The molecular weight excluding hydrogens is 397 g/mol. The van der Waals surface area contributed by atoms with Crippen molar-refractivity contribution in [2.75, 3.05) is 13.1 Å². The van der Waals surface area contributed by atoms with E-state index < -0.39 is 5.60 Å². The molecule has 1 N–H and O–H groups in total. The largest absolute Gasteiger partial charge is 0.444 e. The fraction of sp³-hybridized carbons (Fsp3) is 0.500. The minimum atomic E-state index is -0.515. The third-order valence-electron chi connectivity index (χ3n) is 5.38. The van der Waals surface area contributed by atoms with Gasteiger partial charge in [0.2, 0.25) is 0 Å². The van der Waals surface area contributed by atoms with Crippen LogP contribution in [-0.2, 0) is 11.2 Å². The maximum Gasteiger partial charge on any atom is 0.410 e. The summed E-state index contributed by atoms with van der Waals surface area (Å²) in [4.78, 5) is 26.9. The third-order valence-corrected chi connectivity index (χ3v) is 5.38. The number of hydrogen-bond acceptors (Lipinski definition) is 3. The number of hydrogen-bond donors (Lipinski definition) is 1. The van der Waals surface area contributed by atoms with Crippen LogP contribution in [0.4, 0.5) is 9.18 Å². The summed E-state index contributed by atoms with van der Waals surface area (Å²) in [6, 6.07) is 10.2. The number of carbonyl (C=O) groups excluding carboxylic acids is 2. The van der Waals surface area contributed by atoms with E-state index in [-0.39, 0.29) is 29.9 Å². The molecule has 6 nitrogen and oxygen atoms in total. The van der Waals surface area contributed by atoms with Gasteiger partial charge in [0.05, 0.1) is 0 Å². The molecule has 0 aliphatic carbocycles. The van der Waals surface area contributed by atoms with Crippen molar-refractivity contribution in [1.29, 1.82) is 0 Å². The van der Waals surface area contributed by atoms with Gasteiger partial charge in [-0.15, -0.1) is 0 Å². The maximum absolute atomic E-state index is 13.9. The quantitative estimate of drug-likeness (QED) is 0.758. The van der Waals surface area contributed by atoms with Gasteiger partial charge in [0, 0.05) is 31.4 Å². The number of likely N-dealkylation sites (tertiary alicyclic amines) is 1. The molecule has 0 bridgehead atoms. The van der Waals surface area contributed by atoms with E-state index in [1.807, 2.05) is 44.5 Å². The first-order chi connectivity index (χ1) is 14.6. The van der Waals surface area contributed by atoms with Crippen LogP contribution in [0.3, 0.4) is 0 Å². The summed E-state index contributed by atoms with van der Waals surface area (Å²) < 4.78 is 21.3. The zero-order valence-corrected chi connectivity index (χ0v) is 18.7. The van der Waals surface area contributed by atoms with Gasteiger partial charge in [-0.1, -0.05) is 18.2 Å². The first-order valence-corrected chi connectivity index (χ1v) is 10.8. The highest BCUT2D eigenvalue weighted by molar-refractivity contribution is 5.93. The van der Waals surface area contributed by atoms with Gasteiger partial charge in [-0.05, 0) is 70.7 Å². The van der Waals surface area contributed by atoms with E-state index in [4.69, 9.17) is 4.74 Å². The fourth-order valence-corrected chi connectivity index (χ4v) is 3.90. The van der Waals surface area contributed by atoms with Crippen LogP contribution in [0.15, 0.2) is 42.6 Å². The first kappa shape index (κ1) is 22.8. The van der Waals surface area contributed by atoms with E-state index >= 15 is 0 Å². The van der Waals surface area contributed by atoms with Gasteiger partial charge in [0.15, 0.2) is 0 Å². The van der Waals surface area contributed by atoms with Crippen molar-refractivity contribution in [2.24, 2.45) is 0 Å². The molecule has 3 rings (SSSR count). The van der Waals surface area contributed by atoms with Gasteiger partial charge in [0.1, 0.15) is 17.1 Å². The van der Waals surface area contributed by atoms with Crippen LogP contribution in [-0.4, -0.2) is 46.2 Å². The maximum atomic E-state index is 13.9. The predicted molar refractivity (Wildman–Crippen MR) is 118 cm³/mol. The second-order valence-corrected chi connectivity index (χ2v) is 9.17. The van der Waals surface area contributed by atoms with E-state index in [1.54, 1.807) is 29.2 Å². The number of ether oxygens (including phenoxy) is 1. The summed E-state index contributed by atoms with van der Waals surface area (Å²) in [5.74, 6) is -0.438. The second kappa shape index (κ2) is 9.54. The lowest BCUT2D eigenvalue weighted by molar-refractivity contribution is 0.0187. The number of aromatic nitrogens is 1. The van der Waals surface area contributed by atoms with Crippen molar-refractivity contribution in [3.63, 3.8) is 0 Å². The van der Waals surface area contributed by atoms with Crippen molar-refractivity contribution in [1.82, 2.24) is 14.8 Å². The molecule has 0 saturated carbocycles. The molecule has 1 unspecified atom stereocenters. The summed E-state index contributed by atoms with van der Waals surface area (Å²) in [6.07, 6.45) is 3.54. The van der Waals surface area contributed by atoms with E-state index in [0.29, 0.717) is 30.8 Å². The van der Waals surface area contributed by atoms with Gasteiger partial charge in [-0.25, -0.2) is 9.18 Å². The Kier molecular flexibility index (Phi) is 7.03. The van der Waals surface area contributed by atoms with Gasteiger partial charge < -0.3 is 19.5 Å². The summed E-state index contributed by atoms with van der Waals surface area (Å²) in [6.45, 7) is 8.61. The summed E-state index contributed by atoms with van der Waals surface area (Å²) in [5, 5.41) is 2.98. The van der Waals surface area contributed by atoms with Crippen molar-refractivity contribution >= 4 is 12.0 Å². The molecule has 1 aromatic carbocycles. The Balaban J connectivity index is 1.58. The zero-order chi connectivity index (χ0) is 22.6. The lowest BCUT2D eigenvalue weighted by Crippen LogP contribution is -2.42. The molecule has 0 radical (unpaired) electrons. The van der Waals surface area contributed by atoms with E-state index in [9.17, 15) is 14.0 Å². The van der Waals surface area contributed by atoms with Crippen LogP contribution in [0, 0.1) is 5.82 Å². The van der Waals surface area contributed by atoms with Crippen molar-refractivity contribution in [3.8, 4) is 0 Å². The first-order valence-electron chi connectivity index (χ1n) is 10.8. The van der Waals surface area contributed by atoms with Crippen LogP contribution in [0.2, 0.25) is 0 Å². The molecule has 2 amide bonds. The molecule has 31 heavy (non-hydrogen) atoms. The molecule has 168 valence electrons. The molecule has 2 heterocycles. The molecule has 1 fully saturated rings. The Morgan fingerprint density at radius 3 is 2.48 bits per heavy atom.